The highest BCUT2D eigenvalue weighted by atomic mass is 35.5. The summed E-state index contributed by atoms with van der Waals surface area (Å²) in [5.74, 6) is 0.664. The number of carbonyl (C=O) groups is 1. The molecule has 5 heteroatoms. The number of likely N-dealkylation sites (N-methyl/N-ethyl adjacent to an activating group) is 1. The van der Waals surface area contributed by atoms with Crippen molar-refractivity contribution in [3.8, 4) is 5.75 Å². The number of benzene rings is 1. The molecule has 1 aromatic carbocycles. The van der Waals surface area contributed by atoms with E-state index in [-0.39, 0.29) is 5.91 Å². The van der Waals surface area contributed by atoms with Crippen molar-refractivity contribution in [2.75, 3.05) is 20.2 Å². The van der Waals surface area contributed by atoms with Gasteiger partial charge in [-0.25, -0.2) is 0 Å². The molecule has 0 spiro atoms. The van der Waals surface area contributed by atoms with Crippen molar-refractivity contribution in [2.45, 2.75) is 12.8 Å². The van der Waals surface area contributed by atoms with Gasteiger partial charge in [0.2, 0.25) is 5.91 Å². The lowest BCUT2D eigenvalue weighted by Crippen LogP contribution is -2.29. The first kappa shape index (κ1) is 16.3. The third-order valence-corrected chi connectivity index (χ3v) is 3.63. The van der Waals surface area contributed by atoms with Crippen molar-refractivity contribution in [3.05, 3.63) is 59.4 Å². The summed E-state index contributed by atoms with van der Waals surface area (Å²) in [5.41, 5.74) is 1.17. The second kappa shape index (κ2) is 8.39. The van der Waals surface area contributed by atoms with Gasteiger partial charge in [-0.1, -0.05) is 23.7 Å². The van der Waals surface area contributed by atoms with Gasteiger partial charge >= 0.3 is 0 Å². The summed E-state index contributed by atoms with van der Waals surface area (Å²) in [6.07, 6.45) is 4.66. The van der Waals surface area contributed by atoms with Gasteiger partial charge in [-0.05, 0) is 36.2 Å². The number of pyridine rings is 1. The average Bonchev–Trinajstić information content (AvgIpc) is 2.55. The minimum absolute atomic E-state index is 0.0566. The van der Waals surface area contributed by atoms with E-state index in [4.69, 9.17) is 16.3 Å². The lowest BCUT2D eigenvalue weighted by Gasteiger charge is -2.17. The Kier molecular flexibility index (Phi) is 6.22. The molecule has 0 bridgehead atoms. The number of hydrogen-bond acceptors (Lipinski definition) is 3. The quantitative estimate of drug-likeness (QED) is 0.787. The minimum atomic E-state index is 0.0566. The number of amides is 1. The molecule has 2 aromatic rings. The highest BCUT2D eigenvalue weighted by Gasteiger charge is 2.09. The molecule has 0 atom stereocenters. The lowest BCUT2D eigenvalue weighted by molar-refractivity contribution is -0.130. The molecule has 2 rings (SSSR count). The zero-order valence-electron chi connectivity index (χ0n) is 12.5. The normalized spacial score (nSPS) is 10.3. The predicted molar refractivity (Wildman–Crippen MR) is 87.1 cm³/mol. The maximum absolute atomic E-state index is 12.0. The van der Waals surface area contributed by atoms with Crippen LogP contribution in [-0.2, 0) is 11.2 Å². The second-order valence-electron chi connectivity index (χ2n) is 4.95. The first-order chi connectivity index (χ1) is 10.7. The Hall–Kier alpha value is -2.07. The SMILES string of the molecule is CN(CCc1ccncc1)C(=O)CCOc1ccccc1Cl. The molecule has 0 aliphatic rings. The molecule has 0 saturated heterocycles. The fourth-order valence-corrected chi connectivity index (χ4v) is 2.16. The maximum Gasteiger partial charge on any atom is 0.225 e. The summed E-state index contributed by atoms with van der Waals surface area (Å²) in [6, 6.07) is 11.2. The Labute approximate surface area is 135 Å². The van der Waals surface area contributed by atoms with Crippen LogP contribution in [0.15, 0.2) is 48.8 Å². The predicted octanol–water partition coefficient (Wildman–Crippen LogP) is 3.21. The fraction of sp³-hybridized carbons (Fsp3) is 0.294. The summed E-state index contributed by atoms with van der Waals surface area (Å²) in [5, 5.41) is 0.556. The van der Waals surface area contributed by atoms with E-state index >= 15 is 0 Å². The molecule has 4 nitrogen and oxygen atoms in total. The van der Waals surface area contributed by atoms with Crippen LogP contribution in [0.4, 0.5) is 0 Å². The standard InChI is InChI=1S/C17H19ClN2O2/c1-20(12-8-14-6-10-19-11-7-14)17(21)9-13-22-16-5-3-2-4-15(16)18/h2-7,10-11H,8-9,12-13H2,1H3. The van der Waals surface area contributed by atoms with Crippen LogP contribution in [0.2, 0.25) is 5.02 Å². The van der Waals surface area contributed by atoms with Gasteiger partial charge in [0, 0.05) is 26.0 Å². The van der Waals surface area contributed by atoms with Crippen LogP contribution in [0.1, 0.15) is 12.0 Å². The van der Waals surface area contributed by atoms with Crippen LogP contribution in [0.25, 0.3) is 0 Å². The number of carbonyl (C=O) groups excluding carboxylic acids is 1. The smallest absolute Gasteiger partial charge is 0.225 e. The molecule has 116 valence electrons. The second-order valence-corrected chi connectivity index (χ2v) is 5.36. The van der Waals surface area contributed by atoms with E-state index in [1.54, 1.807) is 36.5 Å². The first-order valence-electron chi connectivity index (χ1n) is 7.17. The molecule has 1 heterocycles. The Balaban J connectivity index is 1.71. The maximum atomic E-state index is 12.0. The Morgan fingerprint density at radius 3 is 2.68 bits per heavy atom. The zero-order valence-corrected chi connectivity index (χ0v) is 13.3. The zero-order chi connectivity index (χ0) is 15.8. The van der Waals surface area contributed by atoms with Gasteiger partial charge in [0.15, 0.2) is 0 Å². The van der Waals surface area contributed by atoms with Crippen molar-refractivity contribution >= 4 is 17.5 Å². The molecule has 0 aliphatic heterocycles. The van der Waals surface area contributed by atoms with E-state index in [1.807, 2.05) is 24.3 Å². The van der Waals surface area contributed by atoms with E-state index in [9.17, 15) is 4.79 Å². The summed E-state index contributed by atoms with van der Waals surface area (Å²) < 4.78 is 5.53. The number of rotatable bonds is 7. The first-order valence-corrected chi connectivity index (χ1v) is 7.55. The molecule has 0 aliphatic carbocycles. The van der Waals surface area contributed by atoms with Crippen LogP contribution < -0.4 is 4.74 Å². The summed E-state index contributed by atoms with van der Waals surface area (Å²) in [6.45, 7) is 0.997. The van der Waals surface area contributed by atoms with Crippen molar-refractivity contribution in [1.29, 1.82) is 0 Å². The summed E-state index contributed by atoms with van der Waals surface area (Å²) in [4.78, 5) is 17.7. The molecular weight excluding hydrogens is 300 g/mol. The van der Waals surface area contributed by atoms with Crippen LogP contribution in [-0.4, -0.2) is 36.0 Å². The highest BCUT2D eigenvalue weighted by Crippen LogP contribution is 2.23. The lowest BCUT2D eigenvalue weighted by atomic mass is 10.2. The van der Waals surface area contributed by atoms with E-state index in [0.29, 0.717) is 30.3 Å². The number of halogens is 1. The number of ether oxygens (including phenoxy) is 1. The van der Waals surface area contributed by atoms with Crippen LogP contribution in [0.5, 0.6) is 5.75 Å². The third kappa shape index (κ3) is 5.04. The molecule has 0 radical (unpaired) electrons. The van der Waals surface area contributed by atoms with Crippen molar-refractivity contribution in [1.82, 2.24) is 9.88 Å². The molecule has 0 N–H and O–H groups in total. The minimum Gasteiger partial charge on any atom is -0.491 e. The summed E-state index contributed by atoms with van der Waals surface area (Å²) >= 11 is 5.99. The van der Waals surface area contributed by atoms with Gasteiger partial charge in [-0.15, -0.1) is 0 Å². The van der Waals surface area contributed by atoms with E-state index in [2.05, 4.69) is 4.98 Å². The van der Waals surface area contributed by atoms with Gasteiger partial charge in [-0.3, -0.25) is 9.78 Å². The van der Waals surface area contributed by atoms with Gasteiger partial charge in [0.1, 0.15) is 5.75 Å². The Morgan fingerprint density at radius 1 is 1.23 bits per heavy atom. The largest absolute Gasteiger partial charge is 0.491 e. The Morgan fingerprint density at radius 2 is 1.95 bits per heavy atom. The van der Waals surface area contributed by atoms with E-state index < -0.39 is 0 Å². The van der Waals surface area contributed by atoms with Crippen LogP contribution in [0, 0.1) is 0 Å². The third-order valence-electron chi connectivity index (χ3n) is 3.32. The number of para-hydroxylation sites is 1. The number of nitrogens with zero attached hydrogens (tertiary/aromatic N) is 2. The van der Waals surface area contributed by atoms with Gasteiger partial charge in [0.25, 0.3) is 0 Å². The highest BCUT2D eigenvalue weighted by molar-refractivity contribution is 6.32. The monoisotopic (exact) mass is 318 g/mol. The Bertz CT molecular complexity index is 605. The average molecular weight is 319 g/mol. The van der Waals surface area contributed by atoms with Gasteiger partial charge < -0.3 is 9.64 Å². The van der Waals surface area contributed by atoms with E-state index in [0.717, 1.165) is 6.42 Å². The molecule has 0 fully saturated rings. The number of aromatic nitrogens is 1. The molecule has 1 aromatic heterocycles. The van der Waals surface area contributed by atoms with Crippen molar-refractivity contribution in [3.63, 3.8) is 0 Å². The van der Waals surface area contributed by atoms with Crippen molar-refractivity contribution < 1.29 is 9.53 Å². The van der Waals surface area contributed by atoms with Crippen molar-refractivity contribution in [2.24, 2.45) is 0 Å². The molecule has 0 unspecified atom stereocenters. The molecule has 22 heavy (non-hydrogen) atoms. The van der Waals surface area contributed by atoms with Gasteiger partial charge in [0.05, 0.1) is 18.1 Å². The van der Waals surface area contributed by atoms with E-state index in [1.165, 1.54) is 5.56 Å². The summed E-state index contributed by atoms with van der Waals surface area (Å²) in [7, 11) is 1.80. The fourth-order valence-electron chi connectivity index (χ4n) is 1.97. The van der Waals surface area contributed by atoms with Crippen LogP contribution >= 0.6 is 11.6 Å². The topological polar surface area (TPSA) is 42.4 Å². The van der Waals surface area contributed by atoms with Gasteiger partial charge in [-0.2, -0.15) is 0 Å². The van der Waals surface area contributed by atoms with Crippen LogP contribution in [0.3, 0.4) is 0 Å². The molecular formula is C17H19ClN2O2. The molecule has 0 saturated carbocycles. The molecule has 1 amide bonds. The number of hydrogen-bond donors (Lipinski definition) is 0.